The highest BCUT2D eigenvalue weighted by atomic mass is 32.3. The summed E-state index contributed by atoms with van der Waals surface area (Å²) in [5.74, 6) is 4.50. The van der Waals surface area contributed by atoms with Gasteiger partial charge in [-0.2, -0.15) is 23.5 Å². The molecule has 0 aliphatic carbocycles. The second kappa shape index (κ2) is 10.3. The van der Waals surface area contributed by atoms with E-state index < -0.39 is 0 Å². The van der Waals surface area contributed by atoms with Crippen LogP contribution in [0.3, 0.4) is 0 Å². The van der Waals surface area contributed by atoms with Gasteiger partial charge in [-0.25, -0.2) is 0 Å². The van der Waals surface area contributed by atoms with E-state index in [1.54, 1.807) is 9.81 Å². The second-order valence-electron chi connectivity index (χ2n) is 4.53. The van der Waals surface area contributed by atoms with Gasteiger partial charge in [-0.15, -0.1) is 23.5 Å². The topological polar surface area (TPSA) is 9.23 Å². The van der Waals surface area contributed by atoms with E-state index in [0.717, 1.165) is 36.2 Å². The molecule has 0 N–H and O–H groups in total. The maximum atomic E-state index is 5.64. The summed E-state index contributed by atoms with van der Waals surface area (Å²) in [5, 5.41) is 0. The standard InChI is InChI=1S/C14H18OS8/c1-16-11-12(17-2)23-14(22-11)13-20-9-7-18-5-3-15-4-6-19-8-10(9)21-13/h3-8H2,1-2H3. The fourth-order valence-corrected chi connectivity index (χ4v) is 12.2. The predicted molar refractivity (Wildman–Crippen MR) is 124 cm³/mol. The molecule has 3 rings (SSSR count). The third kappa shape index (κ3) is 5.48. The first-order valence-electron chi connectivity index (χ1n) is 7.05. The lowest BCUT2D eigenvalue weighted by Gasteiger charge is -2.04. The van der Waals surface area contributed by atoms with Gasteiger partial charge < -0.3 is 4.74 Å². The fourth-order valence-electron chi connectivity index (χ4n) is 1.94. The third-order valence-electron chi connectivity index (χ3n) is 3.03. The zero-order valence-electron chi connectivity index (χ0n) is 12.9. The number of ether oxygens (including phenoxy) is 1. The quantitative estimate of drug-likeness (QED) is 0.446. The first-order chi connectivity index (χ1) is 11.3. The Hall–Kier alpha value is 1.98. The minimum absolute atomic E-state index is 0.892. The van der Waals surface area contributed by atoms with Crippen molar-refractivity contribution in [3.63, 3.8) is 0 Å². The summed E-state index contributed by atoms with van der Waals surface area (Å²) in [6, 6.07) is 0. The maximum absolute atomic E-state index is 5.64. The van der Waals surface area contributed by atoms with Crippen molar-refractivity contribution in [3.8, 4) is 0 Å². The van der Waals surface area contributed by atoms with Crippen molar-refractivity contribution in [2.24, 2.45) is 0 Å². The summed E-state index contributed by atoms with van der Waals surface area (Å²) in [6.07, 6.45) is 4.37. The zero-order chi connectivity index (χ0) is 16.1. The summed E-state index contributed by atoms with van der Waals surface area (Å²) in [5.41, 5.74) is 0. The molecule has 0 amide bonds. The van der Waals surface area contributed by atoms with Gasteiger partial charge in [0, 0.05) is 32.8 Å². The molecule has 0 unspecified atom stereocenters. The van der Waals surface area contributed by atoms with Gasteiger partial charge in [-0.05, 0) is 12.5 Å². The van der Waals surface area contributed by atoms with E-state index in [-0.39, 0.29) is 0 Å². The Labute approximate surface area is 172 Å². The van der Waals surface area contributed by atoms with E-state index in [1.807, 2.05) is 94.1 Å². The lowest BCUT2D eigenvalue weighted by Crippen LogP contribution is -2.01. The molecule has 3 aliphatic rings. The minimum Gasteiger partial charge on any atom is -0.380 e. The van der Waals surface area contributed by atoms with E-state index in [2.05, 4.69) is 12.5 Å². The summed E-state index contributed by atoms with van der Waals surface area (Å²) in [7, 11) is 0. The normalized spacial score (nSPS) is 24.3. The Balaban J connectivity index is 1.69. The van der Waals surface area contributed by atoms with Gasteiger partial charge in [-0.1, -0.05) is 47.0 Å². The summed E-state index contributed by atoms with van der Waals surface area (Å²) >= 11 is 15.8. The lowest BCUT2D eigenvalue weighted by atomic mass is 10.6. The molecule has 23 heavy (non-hydrogen) atoms. The van der Waals surface area contributed by atoms with Crippen LogP contribution >= 0.6 is 94.1 Å². The van der Waals surface area contributed by atoms with E-state index >= 15 is 0 Å². The number of hydrogen-bond acceptors (Lipinski definition) is 9. The molecule has 0 aromatic carbocycles. The Bertz CT molecular complexity index is 497. The van der Waals surface area contributed by atoms with Crippen molar-refractivity contribution in [1.29, 1.82) is 0 Å². The molecule has 0 aromatic heterocycles. The molecule has 1 nitrogen and oxygen atoms in total. The highest BCUT2D eigenvalue weighted by molar-refractivity contribution is 8.42. The molecule has 9 heteroatoms. The first-order valence-corrected chi connectivity index (χ1v) is 15.1. The smallest absolute Gasteiger partial charge is 0.0717 e. The van der Waals surface area contributed by atoms with Crippen LogP contribution < -0.4 is 0 Å². The Morgan fingerprint density at radius 3 is 1.70 bits per heavy atom. The molecular weight excluding hydrogens is 441 g/mol. The summed E-state index contributed by atoms with van der Waals surface area (Å²) in [6.45, 7) is 1.78. The molecule has 0 atom stereocenters. The van der Waals surface area contributed by atoms with Crippen LogP contribution in [-0.2, 0) is 4.74 Å². The average molecular weight is 459 g/mol. The second-order valence-corrected chi connectivity index (χ2v) is 13.7. The Morgan fingerprint density at radius 2 is 1.22 bits per heavy atom. The monoisotopic (exact) mass is 458 g/mol. The van der Waals surface area contributed by atoms with Crippen molar-refractivity contribution in [2.75, 3.05) is 48.7 Å². The predicted octanol–water partition coefficient (Wildman–Crippen LogP) is 6.63. The van der Waals surface area contributed by atoms with E-state index in [1.165, 1.54) is 16.9 Å². The minimum atomic E-state index is 0.892. The van der Waals surface area contributed by atoms with Gasteiger partial charge in [0.1, 0.15) is 0 Å². The van der Waals surface area contributed by atoms with E-state index in [0.29, 0.717) is 0 Å². The molecule has 0 saturated heterocycles. The van der Waals surface area contributed by atoms with Gasteiger partial charge in [0.2, 0.25) is 0 Å². The number of thioether (sulfide) groups is 8. The number of rotatable bonds is 2. The largest absolute Gasteiger partial charge is 0.380 e. The van der Waals surface area contributed by atoms with Gasteiger partial charge >= 0.3 is 0 Å². The highest BCUT2D eigenvalue weighted by Gasteiger charge is 2.29. The zero-order valence-corrected chi connectivity index (χ0v) is 19.4. The average Bonchev–Trinajstić information content (AvgIpc) is 3.15. The molecular formula is C14H18OS8. The van der Waals surface area contributed by atoms with Crippen LogP contribution in [0.4, 0.5) is 0 Å². The molecule has 0 saturated carbocycles. The van der Waals surface area contributed by atoms with Gasteiger partial charge in [0.15, 0.2) is 0 Å². The van der Waals surface area contributed by atoms with Gasteiger partial charge in [0.05, 0.1) is 30.2 Å². The molecule has 3 aliphatic heterocycles. The first kappa shape index (κ1) is 19.7. The van der Waals surface area contributed by atoms with Crippen LogP contribution in [0.1, 0.15) is 0 Å². The van der Waals surface area contributed by atoms with Crippen LogP contribution in [0.2, 0.25) is 0 Å². The highest BCUT2D eigenvalue weighted by Crippen LogP contribution is 2.63. The molecule has 0 aromatic rings. The van der Waals surface area contributed by atoms with Crippen molar-refractivity contribution in [2.45, 2.75) is 0 Å². The lowest BCUT2D eigenvalue weighted by molar-refractivity contribution is 0.167. The van der Waals surface area contributed by atoms with E-state index in [4.69, 9.17) is 4.74 Å². The van der Waals surface area contributed by atoms with Crippen LogP contribution in [0.15, 0.2) is 26.8 Å². The molecule has 0 radical (unpaired) electrons. The van der Waals surface area contributed by atoms with Gasteiger partial charge in [-0.3, -0.25) is 0 Å². The summed E-state index contributed by atoms with van der Waals surface area (Å²) < 4.78 is 11.6. The fraction of sp³-hybridized carbons (Fsp3) is 0.571. The van der Waals surface area contributed by atoms with Crippen LogP contribution in [-0.4, -0.2) is 48.7 Å². The molecule has 128 valence electrons. The number of hydrogen-bond donors (Lipinski definition) is 0. The molecule has 0 fully saturated rings. The third-order valence-corrected chi connectivity index (χ3v) is 13.7. The molecule has 0 spiro atoms. The Kier molecular flexibility index (Phi) is 8.88. The van der Waals surface area contributed by atoms with Crippen LogP contribution in [0, 0.1) is 0 Å². The summed E-state index contributed by atoms with van der Waals surface area (Å²) in [4.78, 5) is 3.17. The van der Waals surface area contributed by atoms with Crippen LogP contribution in [0.5, 0.6) is 0 Å². The van der Waals surface area contributed by atoms with Crippen molar-refractivity contribution < 1.29 is 4.74 Å². The van der Waals surface area contributed by atoms with Crippen molar-refractivity contribution in [1.82, 2.24) is 0 Å². The van der Waals surface area contributed by atoms with Gasteiger partial charge in [0.25, 0.3) is 0 Å². The van der Waals surface area contributed by atoms with Crippen LogP contribution in [0.25, 0.3) is 0 Å². The molecule has 3 heterocycles. The van der Waals surface area contributed by atoms with Crippen molar-refractivity contribution in [3.05, 3.63) is 26.8 Å². The maximum Gasteiger partial charge on any atom is 0.0717 e. The van der Waals surface area contributed by atoms with Crippen molar-refractivity contribution >= 4 is 94.1 Å². The molecule has 0 bridgehead atoms. The SMILES string of the molecule is CSC1=C(SC)SC(=C2SC3=C(CSCCOCCSC3)S2)S1. The Morgan fingerprint density at radius 1 is 0.739 bits per heavy atom. The van der Waals surface area contributed by atoms with E-state index in [9.17, 15) is 0 Å².